The highest BCUT2D eigenvalue weighted by molar-refractivity contribution is 7.89. The SMILES string of the molecule is CCCC(NC(=O)[C@@H]1[C@@H]2[C@H](CN1C(=O)[C@@H](NC(=O)N[C@H](CN(C)S(=O)(=O)CC)C(C)(C)C)C1Cc3ccccc3C1)C2(C)C)C(=O)C(=O)NC1CC1. The van der Waals surface area contributed by atoms with Crippen LogP contribution in [0.3, 0.4) is 0 Å². The second kappa shape index (κ2) is 15.1. The molecule has 0 aromatic heterocycles. The molecule has 2 saturated carbocycles. The summed E-state index contributed by atoms with van der Waals surface area (Å²) in [7, 11) is -2.02. The minimum Gasteiger partial charge on any atom is -0.347 e. The molecule has 4 N–H and O–H groups in total. The van der Waals surface area contributed by atoms with E-state index in [-0.39, 0.29) is 53.8 Å². The zero-order valence-corrected chi connectivity index (χ0v) is 32.8. The van der Waals surface area contributed by atoms with Crippen molar-refractivity contribution in [1.82, 2.24) is 30.5 Å². The van der Waals surface area contributed by atoms with E-state index in [1.807, 2.05) is 52.0 Å². The van der Waals surface area contributed by atoms with E-state index >= 15 is 0 Å². The average Bonchev–Trinajstić information content (AvgIpc) is 3.83. The number of Topliss-reactive ketones (excluding diaryl/α,β-unsaturated/α-hetero) is 1. The highest BCUT2D eigenvalue weighted by atomic mass is 32.2. The van der Waals surface area contributed by atoms with E-state index in [1.54, 1.807) is 11.8 Å². The Bertz CT molecular complexity index is 1640. The molecule has 5 rings (SSSR count). The molecule has 3 fully saturated rings. The molecule has 1 aromatic rings. The Kier molecular flexibility index (Phi) is 11.5. The van der Waals surface area contributed by atoms with Crippen LogP contribution in [0.15, 0.2) is 24.3 Å². The number of amides is 5. The minimum atomic E-state index is -3.51. The Morgan fingerprint density at radius 3 is 2.13 bits per heavy atom. The fourth-order valence-electron chi connectivity index (χ4n) is 8.13. The molecule has 3 aliphatic carbocycles. The maximum atomic E-state index is 14.8. The van der Waals surface area contributed by atoms with Crippen molar-refractivity contribution >= 4 is 39.6 Å². The summed E-state index contributed by atoms with van der Waals surface area (Å²) in [5.74, 6) is -2.68. The van der Waals surface area contributed by atoms with Crippen molar-refractivity contribution in [3.63, 3.8) is 0 Å². The number of likely N-dealkylation sites (tertiary alicyclic amines) is 1. The Morgan fingerprint density at radius 2 is 1.60 bits per heavy atom. The van der Waals surface area contributed by atoms with Gasteiger partial charge in [-0.05, 0) is 78.7 Å². The van der Waals surface area contributed by atoms with Crippen molar-refractivity contribution in [2.45, 2.75) is 117 Å². The van der Waals surface area contributed by atoms with Crippen molar-refractivity contribution in [2.24, 2.45) is 28.6 Å². The number of fused-ring (bicyclic) bond motifs is 2. The third kappa shape index (κ3) is 8.48. The number of urea groups is 1. The van der Waals surface area contributed by atoms with Crippen LogP contribution in [-0.2, 0) is 42.0 Å². The fourth-order valence-corrected chi connectivity index (χ4v) is 8.94. The molecule has 1 heterocycles. The maximum absolute atomic E-state index is 14.8. The first kappa shape index (κ1) is 39.7. The van der Waals surface area contributed by atoms with Gasteiger partial charge in [-0.2, -0.15) is 0 Å². The van der Waals surface area contributed by atoms with Gasteiger partial charge in [-0.3, -0.25) is 19.2 Å². The van der Waals surface area contributed by atoms with Gasteiger partial charge in [-0.25, -0.2) is 17.5 Å². The Hall–Kier alpha value is -3.52. The molecule has 0 radical (unpaired) electrons. The van der Waals surface area contributed by atoms with Gasteiger partial charge in [0.2, 0.25) is 27.6 Å². The van der Waals surface area contributed by atoms with Crippen LogP contribution in [0, 0.1) is 28.6 Å². The van der Waals surface area contributed by atoms with Crippen LogP contribution in [0.1, 0.15) is 85.3 Å². The predicted molar refractivity (Wildman–Crippen MR) is 197 cm³/mol. The normalized spacial score (nSPS) is 23.9. The molecule has 288 valence electrons. The van der Waals surface area contributed by atoms with E-state index in [1.165, 1.54) is 11.4 Å². The molecular weight excluding hydrogens is 685 g/mol. The van der Waals surface area contributed by atoms with Crippen LogP contribution >= 0.6 is 0 Å². The van der Waals surface area contributed by atoms with Crippen molar-refractivity contribution < 1.29 is 32.4 Å². The number of likely N-dealkylation sites (N-methyl/N-ethyl adjacent to an activating group) is 1. The highest BCUT2D eigenvalue weighted by Gasteiger charge is 2.70. The summed E-state index contributed by atoms with van der Waals surface area (Å²) in [6, 6.07) is 3.87. The zero-order valence-electron chi connectivity index (χ0n) is 32.0. The first-order valence-corrected chi connectivity index (χ1v) is 20.4. The van der Waals surface area contributed by atoms with Crippen LogP contribution in [0.5, 0.6) is 0 Å². The van der Waals surface area contributed by atoms with E-state index in [9.17, 15) is 32.4 Å². The van der Waals surface area contributed by atoms with Gasteiger partial charge in [-0.1, -0.05) is 72.2 Å². The van der Waals surface area contributed by atoms with E-state index in [0.29, 0.717) is 25.8 Å². The second-order valence-corrected chi connectivity index (χ2v) is 19.3. The average molecular weight is 743 g/mol. The van der Waals surface area contributed by atoms with E-state index < -0.39 is 63.2 Å². The maximum Gasteiger partial charge on any atom is 0.315 e. The molecule has 4 aliphatic rings. The summed E-state index contributed by atoms with van der Waals surface area (Å²) in [5.41, 5.74) is 1.46. The van der Waals surface area contributed by atoms with Crippen LogP contribution < -0.4 is 21.3 Å². The van der Waals surface area contributed by atoms with Crippen LogP contribution in [0.25, 0.3) is 0 Å². The molecule has 0 bridgehead atoms. The number of hydrogen-bond acceptors (Lipinski definition) is 7. The summed E-state index contributed by atoms with van der Waals surface area (Å²) in [5, 5.41) is 11.5. The van der Waals surface area contributed by atoms with Gasteiger partial charge in [0.25, 0.3) is 5.91 Å². The number of piperidine rings is 1. The molecule has 1 saturated heterocycles. The van der Waals surface area contributed by atoms with Crippen molar-refractivity contribution in [1.29, 1.82) is 0 Å². The lowest BCUT2D eigenvalue weighted by atomic mass is 9.86. The summed E-state index contributed by atoms with van der Waals surface area (Å²) < 4.78 is 26.4. The fraction of sp³-hybridized carbons (Fsp3) is 0.711. The van der Waals surface area contributed by atoms with Gasteiger partial charge in [0.05, 0.1) is 11.8 Å². The number of nitrogens with one attached hydrogen (secondary N) is 4. The Morgan fingerprint density at radius 1 is 0.981 bits per heavy atom. The van der Waals surface area contributed by atoms with Gasteiger partial charge in [-0.15, -0.1) is 0 Å². The lowest BCUT2D eigenvalue weighted by molar-refractivity contribution is -0.144. The van der Waals surface area contributed by atoms with Gasteiger partial charge in [0.1, 0.15) is 12.1 Å². The standard InChI is InChI=1S/C38H58N6O7S/c1-9-13-27(32(45)34(47)39-25-16-17-25)40-33(46)31-29-26(38(29,6)7)20-44(31)35(48)30(24-18-22-14-11-12-15-23(22)19-24)42-36(49)41-28(37(3,4)5)21-43(8)52(50,51)10-2/h11-12,14-15,24-31H,9-10,13,16-21H2,1-8H3,(H,39,47)(H,40,46)(H2,41,42,49)/t26-,27?,28+,29-,30-,31-/m0/s1. The number of nitrogens with zero attached hydrogens (tertiary/aromatic N) is 2. The quantitative estimate of drug-likeness (QED) is 0.200. The number of carbonyl (C=O) groups is 5. The first-order chi connectivity index (χ1) is 24.3. The molecule has 0 spiro atoms. The zero-order chi connectivity index (χ0) is 38.3. The minimum absolute atomic E-state index is 0.00211. The molecule has 5 amide bonds. The molecule has 1 unspecified atom stereocenters. The molecular formula is C38H58N6O7S. The summed E-state index contributed by atoms with van der Waals surface area (Å²) in [6.07, 6.45) is 3.62. The van der Waals surface area contributed by atoms with E-state index in [4.69, 9.17) is 0 Å². The van der Waals surface area contributed by atoms with Gasteiger partial charge >= 0.3 is 6.03 Å². The third-order valence-corrected chi connectivity index (χ3v) is 13.7. The number of hydrogen-bond donors (Lipinski definition) is 4. The number of benzene rings is 1. The van der Waals surface area contributed by atoms with Gasteiger partial charge in [0.15, 0.2) is 0 Å². The largest absolute Gasteiger partial charge is 0.347 e. The molecule has 1 aliphatic heterocycles. The monoisotopic (exact) mass is 742 g/mol. The van der Waals surface area contributed by atoms with E-state index in [2.05, 4.69) is 35.1 Å². The van der Waals surface area contributed by atoms with Crippen molar-refractivity contribution in [3.05, 3.63) is 35.4 Å². The number of sulfonamides is 1. The first-order valence-electron chi connectivity index (χ1n) is 18.8. The highest BCUT2D eigenvalue weighted by Crippen LogP contribution is 2.65. The smallest absolute Gasteiger partial charge is 0.315 e. The van der Waals surface area contributed by atoms with E-state index in [0.717, 1.165) is 24.0 Å². The van der Waals surface area contributed by atoms with Crippen LogP contribution in [0.2, 0.25) is 0 Å². The summed E-state index contributed by atoms with van der Waals surface area (Å²) >= 11 is 0. The molecule has 1 aromatic carbocycles. The number of ketones is 1. The lowest BCUT2D eigenvalue weighted by Crippen LogP contribution is -2.61. The molecule has 6 atom stereocenters. The molecule has 14 heteroatoms. The Balaban J connectivity index is 1.39. The topological polar surface area (TPSA) is 174 Å². The summed E-state index contributed by atoms with van der Waals surface area (Å²) in [6.45, 7) is 13.7. The second-order valence-electron chi connectivity index (χ2n) is 17.0. The Labute approximate surface area is 308 Å². The van der Waals surface area contributed by atoms with Crippen LogP contribution in [0.4, 0.5) is 4.79 Å². The van der Waals surface area contributed by atoms with Gasteiger partial charge < -0.3 is 26.2 Å². The number of carbonyl (C=O) groups excluding carboxylic acids is 5. The summed E-state index contributed by atoms with van der Waals surface area (Å²) in [4.78, 5) is 70.3. The van der Waals surface area contributed by atoms with Crippen molar-refractivity contribution in [2.75, 3.05) is 25.9 Å². The predicted octanol–water partition coefficient (Wildman–Crippen LogP) is 2.38. The molecule has 52 heavy (non-hydrogen) atoms. The molecule has 13 nitrogen and oxygen atoms in total. The number of rotatable bonds is 15. The van der Waals surface area contributed by atoms with Gasteiger partial charge in [0, 0.05) is 32.2 Å². The third-order valence-electron chi connectivity index (χ3n) is 11.8. The van der Waals surface area contributed by atoms with Crippen LogP contribution in [-0.4, -0.2) is 103 Å². The van der Waals surface area contributed by atoms with Crippen molar-refractivity contribution in [3.8, 4) is 0 Å². The lowest BCUT2D eigenvalue weighted by Gasteiger charge is -2.37.